The summed E-state index contributed by atoms with van der Waals surface area (Å²) in [5.74, 6) is 2.55. The minimum atomic E-state index is 0.563. The number of methoxy groups -OCH3 is 1. The lowest BCUT2D eigenvalue weighted by atomic mass is 10.1. The van der Waals surface area contributed by atoms with Crippen molar-refractivity contribution in [1.29, 1.82) is 0 Å². The summed E-state index contributed by atoms with van der Waals surface area (Å²) in [4.78, 5) is 8.48. The van der Waals surface area contributed by atoms with Crippen molar-refractivity contribution in [3.05, 3.63) is 36.0 Å². The van der Waals surface area contributed by atoms with E-state index in [0.717, 1.165) is 11.3 Å². The summed E-state index contributed by atoms with van der Waals surface area (Å²) in [6.45, 7) is 0. The number of rotatable bonds is 4. The number of ether oxygens (including phenoxy) is 2. The number of nitrogens with one attached hydrogen (secondary N) is 1. The Hall–Kier alpha value is -2.28. The van der Waals surface area contributed by atoms with Gasteiger partial charge in [0.05, 0.1) is 19.7 Å². The third kappa shape index (κ3) is 3.08. The number of aromatic nitrogens is 2. The number of anilines is 1. The lowest BCUT2D eigenvalue weighted by Gasteiger charge is -2.17. The number of benzene rings is 1. The predicted molar refractivity (Wildman–Crippen MR) is 82.2 cm³/mol. The van der Waals surface area contributed by atoms with Gasteiger partial charge in [0.15, 0.2) is 16.7 Å². The van der Waals surface area contributed by atoms with Gasteiger partial charge in [-0.05, 0) is 24.0 Å². The smallest absolute Gasteiger partial charge is 0.217 e. The Morgan fingerprint density at radius 3 is 3.10 bits per heavy atom. The highest BCUT2D eigenvalue weighted by Gasteiger charge is 2.17. The summed E-state index contributed by atoms with van der Waals surface area (Å²) >= 11 is 1.47. The van der Waals surface area contributed by atoms with Crippen LogP contribution in [0.15, 0.2) is 40.7 Å². The van der Waals surface area contributed by atoms with Gasteiger partial charge >= 0.3 is 0 Å². The van der Waals surface area contributed by atoms with Crippen molar-refractivity contribution in [2.45, 2.75) is 11.6 Å². The minimum Gasteiger partial charge on any atom is -0.497 e. The zero-order chi connectivity index (χ0) is 14.7. The van der Waals surface area contributed by atoms with Crippen LogP contribution in [0.3, 0.4) is 0 Å². The van der Waals surface area contributed by atoms with E-state index in [0.29, 0.717) is 29.0 Å². The average molecular weight is 302 g/mol. The van der Waals surface area contributed by atoms with Gasteiger partial charge in [-0.15, -0.1) is 5.10 Å². The fraction of sp³-hybridized carbons (Fsp3) is 0.214. The van der Waals surface area contributed by atoms with E-state index in [1.807, 2.05) is 30.5 Å². The first-order valence-electron chi connectivity index (χ1n) is 6.33. The van der Waals surface area contributed by atoms with Crippen molar-refractivity contribution < 1.29 is 9.47 Å². The first kappa shape index (κ1) is 13.7. The molecule has 0 spiro atoms. The van der Waals surface area contributed by atoms with E-state index in [1.165, 1.54) is 11.8 Å². The number of hydrazone groups is 1. The molecule has 0 amide bonds. The number of fused-ring (bicyclic) bond motifs is 1. The van der Waals surface area contributed by atoms with E-state index in [4.69, 9.17) is 9.47 Å². The third-order valence-electron chi connectivity index (χ3n) is 2.92. The third-order valence-corrected chi connectivity index (χ3v) is 3.48. The van der Waals surface area contributed by atoms with Crippen LogP contribution in [0.5, 0.6) is 11.5 Å². The van der Waals surface area contributed by atoms with Crippen LogP contribution in [0.2, 0.25) is 0 Å². The first-order valence-corrected chi connectivity index (χ1v) is 7.55. The Morgan fingerprint density at radius 2 is 2.29 bits per heavy atom. The van der Waals surface area contributed by atoms with Crippen LogP contribution in [-0.4, -0.2) is 29.2 Å². The molecule has 0 aliphatic carbocycles. The number of hydrogen-bond donors (Lipinski definition) is 1. The standard InChI is InChI=1S/C14H14N4O2S/c1-19-10-5-3-4-9(6-10)7-12-17-18-13-11(20-12)8-15-14(16-13)21-2/h3-6,8H,7H2,1-2H3,(H,15,16,18). The molecule has 0 saturated carbocycles. The number of hydrogen-bond acceptors (Lipinski definition) is 7. The Bertz CT molecular complexity index is 690. The van der Waals surface area contributed by atoms with Crippen LogP contribution in [0, 0.1) is 0 Å². The van der Waals surface area contributed by atoms with Crippen molar-refractivity contribution >= 4 is 23.5 Å². The van der Waals surface area contributed by atoms with Crippen molar-refractivity contribution in [2.24, 2.45) is 5.10 Å². The molecule has 1 aliphatic rings. The van der Waals surface area contributed by atoms with Crippen molar-refractivity contribution in [2.75, 3.05) is 18.8 Å². The number of thioether (sulfide) groups is 1. The molecule has 7 heteroatoms. The highest BCUT2D eigenvalue weighted by molar-refractivity contribution is 7.98. The van der Waals surface area contributed by atoms with Crippen molar-refractivity contribution in [3.63, 3.8) is 0 Å². The van der Waals surface area contributed by atoms with E-state index < -0.39 is 0 Å². The second-order valence-electron chi connectivity index (χ2n) is 4.32. The fourth-order valence-electron chi connectivity index (χ4n) is 1.91. The molecular weight excluding hydrogens is 288 g/mol. The van der Waals surface area contributed by atoms with E-state index in [-0.39, 0.29) is 0 Å². The van der Waals surface area contributed by atoms with E-state index in [1.54, 1.807) is 13.3 Å². The van der Waals surface area contributed by atoms with Crippen LogP contribution in [0.25, 0.3) is 0 Å². The second-order valence-corrected chi connectivity index (χ2v) is 5.09. The van der Waals surface area contributed by atoms with Gasteiger partial charge in [0.25, 0.3) is 0 Å². The van der Waals surface area contributed by atoms with Crippen molar-refractivity contribution in [1.82, 2.24) is 9.97 Å². The van der Waals surface area contributed by atoms with Crippen LogP contribution in [0.1, 0.15) is 5.56 Å². The van der Waals surface area contributed by atoms with Gasteiger partial charge < -0.3 is 9.47 Å². The molecule has 2 aromatic rings. The fourth-order valence-corrected chi connectivity index (χ4v) is 2.25. The molecule has 21 heavy (non-hydrogen) atoms. The molecule has 1 aliphatic heterocycles. The first-order chi connectivity index (χ1) is 10.3. The van der Waals surface area contributed by atoms with Crippen LogP contribution in [-0.2, 0) is 6.42 Å². The van der Waals surface area contributed by atoms with Gasteiger partial charge in [0.2, 0.25) is 5.90 Å². The molecule has 1 aromatic carbocycles. The van der Waals surface area contributed by atoms with Gasteiger partial charge in [-0.25, -0.2) is 4.98 Å². The van der Waals surface area contributed by atoms with Gasteiger partial charge in [-0.2, -0.15) is 4.98 Å². The summed E-state index contributed by atoms with van der Waals surface area (Å²) in [7, 11) is 1.65. The van der Waals surface area contributed by atoms with Gasteiger partial charge in [0.1, 0.15) is 5.75 Å². The van der Waals surface area contributed by atoms with Gasteiger partial charge in [-0.3, -0.25) is 5.43 Å². The zero-order valence-corrected chi connectivity index (χ0v) is 12.5. The minimum absolute atomic E-state index is 0.563. The molecule has 0 saturated heterocycles. The normalized spacial score (nSPS) is 12.8. The van der Waals surface area contributed by atoms with Crippen LogP contribution >= 0.6 is 11.8 Å². The molecule has 0 bridgehead atoms. The molecule has 0 fully saturated rings. The molecule has 1 aromatic heterocycles. The lowest BCUT2D eigenvalue weighted by Crippen LogP contribution is -2.20. The highest BCUT2D eigenvalue weighted by Crippen LogP contribution is 2.27. The van der Waals surface area contributed by atoms with Crippen LogP contribution in [0.4, 0.5) is 5.82 Å². The lowest BCUT2D eigenvalue weighted by molar-refractivity contribution is 0.414. The summed E-state index contributed by atoms with van der Waals surface area (Å²) in [6, 6.07) is 7.79. The summed E-state index contributed by atoms with van der Waals surface area (Å²) in [6.07, 6.45) is 4.14. The molecule has 0 unspecified atom stereocenters. The molecule has 3 rings (SSSR count). The van der Waals surface area contributed by atoms with E-state index in [9.17, 15) is 0 Å². The van der Waals surface area contributed by atoms with Crippen LogP contribution < -0.4 is 14.9 Å². The molecular formula is C14H14N4O2S. The summed E-state index contributed by atoms with van der Waals surface area (Å²) < 4.78 is 10.9. The maximum atomic E-state index is 5.72. The maximum absolute atomic E-state index is 5.72. The highest BCUT2D eigenvalue weighted by atomic mass is 32.2. The Balaban J connectivity index is 1.75. The Kier molecular flexibility index (Phi) is 3.92. The molecule has 0 atom stereocenters. The largest absolute Gasteiger partial charge is 0.497 e. The molecule has 1 N–H and O–H groups in total. The number of nitrogens with zero attached hydrogens (tertiary/aromatic N) is 3. The van der Waals surface area contributed by atoms with Gasteiger partial charge in [0, 0.05) is 0 Å². The Morgan fingerprint density at radius 1 is 1.38 bits per heavy atom. The van der Waals surface area contributed by atoms with E-state index >= 15 is 0 Å². The molecule has 6 nitrogen and oxygen atoms in total. The molecule has 2 heterocycles. The molecule has 0 radical (unpaired) electrons. The zero-order valence-electron chi connectivity index (χ0n) is 11.7. The topological polar surface area (TPSA) is 68.6 Å². The quantitative estimate of drug-likeness (QED) is 0.691. The summed E-state index contributed by atoms with van der Waals surface area (Å²) in [5.41, 5.74) is 3.96. The Labute approximate surface area is 126 Å². The average Bonchev–Trinajstić information content (AvgIpc) is 2.54. The maximum Gasteiger partial charge on any atom is 0.217 e. The monoisotopic (exact) mass is 302 g/mol. The van der Waals surface area contributed by atoms with E-state index in [2.05, 4.69) is 20.5 Å². The second kappa shape index (κ2) is 6.01. The van der Waals surface area contributed by atoms with Crippen molar-refractivity contribution in [3.8, 4) is 11.5 Å². The summed E-state index contributed by atoms with van der Waals surface area (Å²) in [5, 5.41) is 4.88. The van der Waals surface area contributed by atoms with Gasteiger partial charge in [-0.1, -0.05) is 23.9 Å². The predicted octanol–water partition coefficient (Wildman–Crippen LogP) is 2.57. The SMILES string of the molecule is COc1cccc(CC2=NNc3nc(SC)ncc3O2)c1. The molecule has 108 valence electrons.